The Bertz CT molecular complexity index is 3860. The first-order valence-corrected chi connectivity index (χ1v) is 44.6. The average Bonchev–Trinajstić information content (AvgIpc) is 1.22. The molecule has 0 saturated heterocycles. The molecule has 0 atom stereocenters. The molecule has 0 heterocycles. The number of carbonyl (C=O) groups excluding carboxylic acids is 4. The van der Waals surface area contributed by atoms with Gasteiger partial charge < -0.3 is 0 Å². The third-order valence-electron chi connectivity index (χ3n) is 19.5. The van der Waals surface area contributed by atoms with Crippen molar-refractivity contribution in [2.24, 2.45) is 33.5 Å². The van der Waals surface area contributed by atoms with E-state index in [-0.39, 0.29) is 122 Å². The van der Waals surface area contributed by atoms with E-state index in [0.717, 1.165) is 24.3 Å². The predicted molar refractivity (Wildman–Crippen MR) is 408 cm³/mol. The van der Waals surface area contributed by atoms with Crippen LogP contribution in [0.15, 0.2) is 137 Å². The van der Waals surface area contributed by atoms with E-state index in [1.165, 1.54) is 43.9 Å². The molecule has 564 valence electrons. The molecule has 4 aromatic rings. The molecular weight excluding hydrogens is 1540 g/mol. The SMILES string of the molecule is CC(C)CN(C(=O)C(C)(C)CCl)c1ccc(F)[c]([Ti]([C]2=CC=CC2)([C]2=CC=CC2)[c]2c(F)ccc(N(CC(C)C)C(=O)C(C)(C)CCl)c2F)c1F.CCCCN(C(=O)C(C)(CCl)CCl)c1ccc(F)[c]([Ti]([C]2=CC=CC2)([C]2=CC=CC2)[c]2c(F)ccc(N(CCCC)C(=O)C(C)(CCl)CCl)c2F)c1F. The third-order valence-corrected chi connectivity index (χ3v) is 39.1. The zero-order chi connectivity index (χ0) is 77.2. The Hall–Kier alpha value is -4.71. The standard InChI is InChI=1S/2C15H18Cl2F2NO.2C15H19ClF2NO.4C5H5.2Ti/c2*1-3-4-7-20(14(21)15(2,9-16)10-17)13-6-5-11(18)8-12(13)19;2*1-10(2)8-19(14(20)15(3,4)9-16)13-6-5-11(17)7-12(13)18;4*1-2-4-5-3-1;;/h2*5-6H,3-4,7,9-10H2,1-2H3;2*5-6,10H,8-9H2,1-4H3;4*1-3H,4H2;;. The van der Waals surface area contributed by atoms with E-state index >= 15 is 35.1 Å². The van der Waals surface area contributed by atoms with Crippen molar-refractivity contribution in [2.75, 3.05) is 81.1 Å². The van der Waals surface area contributed by atoms with Crippen molar-refractivity contribution in [1.29, 1.82) is 0 Å². The molecule has 4 aromatic carbocycles. The maximum atomic E-state index is 17.8. The molecule has 0 N–H and O–H groups in total. The molecule has 24 heteroatoms. The van der Waals surface area contributed by atoms with E-state index in [9.17, 15) is 19.2 Å². The molecule has 4 aliphatic rings. The van der Waals surface area contributed by atoms with Gasteiger partial charge in [-0.25, -0.2) is 0 Å². The Labute approximate surface area is 646 Å². The summed E-state index contributed by atoms with van der Waals surface area (Å²) in [5.41, 5.74) is -5.59. The number of anilines is 4. The molecule has 0 spiro atoms. The van der Waals surface area contributed by atoms with E-state index < -0.39 is 140 Å². The van der Waals surface area contributed by atoms with Crippen LogP contribution in [0.5, 0.6) is 0 Å². The van der Waals surface area contributed by atoms with Crippen LogP contribution in [0, 0.1) is 80.0 Å². The van der Waals surface area contributed by atoms with Crippen LogP contribution >= 0.6 is 69.6 Å². The first-order chi connectivity index (χ1) is 49.1. The van der Waals surface area contributed by atoms with Crippen molar-refractivity contribution in [3.8, 4) is 0 Å². The number of hydrogen-bond acceptors (Lipinski definition) is 4. The van der Waals surface area contributed by atoms with Crippen LogP contribution in [-0.4, -0.2) is 85.1 Å². The normalized spacial score (nSPS) is 14.7. The zero-order valence-electron chi connectivity index (χ0n) is 61.1. The Balaban J connectivity index is 0.000000291. The van der Waals surface area contributed by atoms with Crippen molar-refractivity contribution >= 4 is 131 Å². The topological polar surface area (TPSA) is 81.2 Å². The molecule has 0 unspecified atom stereocenters. The maximum absolute atomic E-state index is 17.8. The molecule has 8 rings (SSSR count). The number of alkyl halides is 6. The summed E-state index contributed by atoms with van der Waals surface area (Å²) in [5.74, 6) is -11.2. The fourth-order valence-corrected chi connectivity index (χ4v) is 31.4. The summed E-state index contributed by atoms with van der Waals surface area (Å²) in [7, 11) is 0. The van der Waals surface area contributed by atoms with Gasteiger partial charge in [-0.15, -0.1) is 0 Å². The molecule has 104 heavy (non-hydrogen) atoms. The van der Waals surface area contributed by atoms with Crippen molar-refractivity contribution in [3.05, 3.63) is 183 Å². The summed E-state index contributed by atoms with van der Waals surface area (Å²) < 4.78 is 139. The van der Waals surface area contributed by atoms with E-state index in [1.54, 1.807) is 114 Å². The second kappa shape index (κ2) is 36.7. The summed E-state index contributed by atoms with van der Waals surface area (Å²) in [6.45, 7) is 21.4. The summed E-state index contributed by atoms with van der Waals surface area (Å²) in [6, 6.07) is 9.11. The van der Waals surface area contributed by atoms with Crippen LogP contribution in [0.4, 0.5) is 57.9 Å². The second-order valence-corrected chi connectivity index (χ2v) is 43.2. The van der Waals surface area contributed by atoms with Crippen LogP contribution in [0.2, 0.25) is 0 Å². The van der Waals surface area contributed by atoms with E-state index in [4.69, 9.17) is 69.6 Å². The minimum absolute atomic E-state index is 0.0513. The van der Waals surface area contributed by atoms with Gasteiger partial charge in [0.2, 0.25) is 0 Å². The van der Waals surface area contributed by atoms with Gasteiger partial charge in [-0.05, 0) is 0 Å². The number of unbranched alkanes of at least 4 members (excludes halogenated alkanes) is 2. The van der Waals surface area contributed by atoms with Gasteiger partial charge in [-0.3, -0.25) is 0 Å². The van der Waals surface area contributed by atoms with Crippen molar-refractivity contribution in [3.63, 3.8) is 0 Å². The number of benzene rings is 4. The van der Waals surface area contributed by atoms with Crippen LogP contribution < -0.4 is 35.1 Å². The van der Waals surface area contributed by atoms with Crippen molar-refractivity contribution in [1.82, 2.24) is 0 Å². The van der Waals surface area contributed by atoms with Crippen molar-refractivity contribution < 1.29 is 87.5 Å². The van der Waals surface area contributed by atoms with Crippen molar-refractivity contribution in [2.45, 2.75) is 134 Å². The molecule has 0 aromatic heterocycles. The van der Waals surface area contributed by atoms with E-state index in [2.05, 4.69) is 0 Å². The van der Waals surface area contributed by atoms with Gasteiger partial charge in [0.1, 0.15) is 0 Å². The monoisotopic (exact) mass is 1630 g/mol. The Morgan fingerprint density at radius 1 is 0.385 bits per heavy atom. The Morgan fingerprint density at radius 3 is 0.817 bits per heavy atom. The van der Waals surface area contributed by atoms with Gasteiger partial charge in [0.15, 0.2) is 0 Å². The fourth-order valence-electron chi connectivity index (χ4n) is 13.6. The number of allylic oxidation sites excluding steroid dienone is 16. The second-order valence-electron chi connectivity index (χ2n) is 29.7. The molecule has 8 nitrogen and oxygen atoms in total. The summed E-state index contributed by atoms with van der Waals surface area (Å²) in [6.07, 6.45) is 23.9. The number of nitrogens with zero attached hydrogens (tertiary/aromatic N) is 4. The van der Waals surface area contributed by atoms with Crippen LogP contribution in [0.25, 0.3) is 0 Å². The summed E-state index contributed by atoms with van der Waals surface area (Å²) in [5, 5.41) is 0. The summed E-state index contributed by atoms with van der Waals surface area (Å²) in [4.78, 5) is 61.2. The predicted octanol–water partition coefficient (Wildman–Crippen LogP) is 19.8. The molecule has 4 aliphatic carbocycles. The van der Waals surface area contributed by atoms with E-state index in [0.29, 0.717) is 41.2 Å². The zero-order valence-corrected chi connectivity index (χ0v) is 68.8. The Kier molecular flexibility index (Phi) is 30.5. The minimum atomic E-state index is -5.38. The molecule has 0 bridgehead atoms. The van der Waals surface area contributed by atoms with E-state index in [1.807, 2.05) is 41.5 Å². The fraction of sp³-hybridized carbons (Fsp3) is 0.450. The quantitative estimate of drug-likeness (QED) is 0.0277. The number of hydrogen-bond donors (Lipinski definition) is 0. The Morgan fingerprint density at radius 2 is 0.625 bits per heavy atom. The first-order valence-electron chi connectivity index (χ1n) is 35.2. The number of halogens is 14. The van der Waals surface area contributed by atoms with Crippen LogP contribution in [0.3, 0.4) is 0 Å². The molecule has 0 saturated carbocycles. The number of carbonyl (C=O) groups is 4. The van der Waals surface area contributed by atoms with Gasteiger partial charge in [-0.2, -0.15) is 0 Å². The molecular formula is C80H94Cl6F8N4O4Ti2. The van der Waals surface area contributed by atoms with Gasteiger partial charge >= 0.3 is 651 Å². The van der Waals surface area contributed by atoms with Gasteiger partial charge in [-0.1, -0.05) is 0 Å². The van der Waals surface area contributed by atoms with Gasteiger partial charge in [0.25, 0.3) is 0 Å². The van der Waals surface area contributed by atoms with Crippen LogP contribution in [-0.2, 0) is 52.4 Å². The summed E-state index contributed by atoms with van der Waals surface area (Å²) >= 11 is 26.6. The first kappa shape index (κ1) is 86.5. The third kappa shape index (κ3) is 17.2. The number of rotatable bonds is 32. The van der Waals surface area contributed by atoms with Crippen LogP contribution in [0.1, 0.15) is 134 Å². The number of amides is 4. The molecule has 0 aliphatic heterocycles. The molecule has 0 radical (unpaired) electrons. The average molecular weight is 1640 g/mol. The van der Waals surface area contributed by atoms with Gasteiger partial charge in [0, 0.05) is 0 Å². The molecule has 4 amide bonds. The molecule has 0 fully saturated rings. The van der Waals surface area contributed by atoms with Gasteiger partial charge in [0.05, 0.1) is 0 Å².